The van der Waals surface area contributed by atoms with Gasteiger partial charge in [0.1, 0.15) is 5.69 Å². The Bertz CT molecular complexity index is 504. The first-order valence-electron chi connectivity index (χ1n) is 5.85. The fraction of sp³-hybridized carbons (Fsp3) is 0.455. The van der Waals surface area contributed by atoms with E-state index in [1.807, 2.05) is 0 Å². The highest BCUT2D eigenvalue weighted by Crippen LogP contribution is 2.15. The minimum absolute atomic E-state index is 0.00658. The van der Waals surface area contributed by atoms with Gasteiger partial charge in [0, 0.05) is 31.3 Å². The zero-order chi connectivity index (χ0) is 13.8. The molecule has 19 heavy (non-hydrogen) atoms. The van der Waals surface area contributed by atoms with E-state index in [4.69, 9.17) is 0 Å². The van der Waals surface area contributed by atoms with Crippen LogP contribution in [0, 0.1) is 0 Å². The summed E-state index contributed by atoms with van der Waals surface area (Å²) in [6.45, 7) is 1.82. The second-order valence-corrected chi connectivity index (χ2v) is 5.09. The van der Waals surface area contributed by atoms with E-state index >= 15 is 0 Å². The first kappa shape index (κ1) is 13.5. The maximum Gasteiger partial charge on any atom is 0.271 e. The van der Waals surface area contributed by atoms with Crippen molar-refractivity contribution < 1.29 is 14.4 Å². The zero-order valence-electron chi connectivity index (χ0n) is 10.4. The Balaban J connectivity index is 1.90. The molecule has 3 amide bonds. The normalized spacial score (nSPS) is 18.6. The molecule has 1 unspecified atom stereocenters. The maximum absolute atomic E-state index is 11.9. The topological polar surface area (TPSA) is 100 Å². The van der Waals surface area contributed by atoms with Crippen LogP contribution in [-0.2, 0) is 9.59 Å². The first-order valence-corrected chi connectivity index (χ1v) is 6.73. The van der Waals surface area contributed by atoms with Gasteiger partial charge in [-0.15, -0.1) is 11.3 Å². The van der Waals surface area contributed by atoms with Crippen molar-refractivity contribution in [3.63, 3.8) is 0 Å². The molecule has 3 N–H and O–H groups in total. The lowest BCUT2D eigenvalue weighted by molar-refractivity contribution is -0.122. The molecule has 1 aromatic heterocycles. The number of anilines is 1. The van der Waals surface area contributed by atoms with Crippen molar-refractivity contribution >= 4 is 34.2 Å². The van der Waals surface area contributed by atoms with Crippen LogP contribution in [0.15, 0.2) is 5.38 Å². The van der Waals surface area contributed by atoms with Crippen molar-refractivity contribution in [2.24, 2.45) is 0 Å². The molecule has 0 aliphatic carbocycles. The maximum atomic E-state index is 11.9. The Hall–Kier alpha value is -1.96. The molecule has 1 fully saturated rings. The average molecular weight is 282 g/mol. The van der Waals surface area contributed by atoms with Crippen molar-refractivity contribution in [2.45, 2.75) is 25.8 Å². The summed E-state index contributed by atoms with van der Waals surface area (Å²) >= 11 is 1.19. The summed E-state index contributed by atoms with van der Waals surface area (Å²) in [5.41, 5.74) is 0.269. The first-order chi connectivity index (χ1) is 9.04. The predicted octanol–water partition coefficient (Wildman–Crippen LogP) is 0.110. The summed E-state index contributed by atoms with van der Waals surface area (Å²) in [6.07, 6.45) is 1.04. The largest absolute Gasteiger partial charge is 0.354 e. The molecule has 1 atom stereocenters. The van der Waals surface area contributed by atoms with Crippen LogP contribution in [-0.4, -0.2) is 35.3 Å². The van der Waals surface area contributed by atoms with Crippen molar-refractivity contribution in [3.8, 4) is 0 Å². The average Bonchev–Trinajstić information content (AvgIpc) is 2.80. The van der Waals surface area contributed by atoms with Gasteiger partial charge in [-0.3, -0.25) is 14.4 Å². The Labute approximate surface area is 113 Å². The molecule has 2 rings (SSSR count). The van der Waals surface area contributed by atoms with Crippen LogP contribution in [0.5, 0.6) is 0 Å². The van der Waals surface area contributed by atoms with E-state index in [2.05, 4.69) is 20.9 Å². The number of nitrogens with zero attached hydrogens (tertiary/aromatic N) is 1. The molecule has 1 aliphatic rings. The van der Waals surface area contributed by atoms with Gasteiger partial charge in [-0.25, -0.2) is 4.98 Å². The minimum Gasteiger partial charge on any atom is -0.354 e. The number of hydrogen-bond acceptors (Lipinski definition) is 5. The second kappa shape index (κ2) is 5.79. The molecule has 0 bridgehead atoms. The van der Waals surface area contributed by atoms with Crippen LogP contribution < -0.4 is 16.0 Å². The Morgan fingerprint density at radius 3 is 2.95 bits per heavy atom. The van der Waals surface area contributed by atoms with E-state index in [-0.39, 0.29) is 29.5 Å². The number of carbonyl (C=O) groups is 3. The fourth-order valence-corrected chi connectivity index (χ4v) is 2.44. The Kier molecular flexibility index (Phi) is 4.10. The molecule has 0 radical (unpaired) electrons. The lowest BCUT2D eigenvalue weighted by Gasteiger charge is -2.22. The highest BCUT2D eigenvalue weighted by molar-refractivity contribution is 7.14. The zero-order valence-corrected chi connectivity index (χ0v) is 11.2. The molecule has 102 valence electrons. The summed E-state index contributed by atoms with van der Waals surface area (Å²) in [4.78, 5) is 37.8. The highest BCUT2D eigenvalue weighted by atomic mass is 32.1. The number of nitrogens with one attached hydrogen (secondary N) is 3. The van der Waals surface area contributed by atoms with E-state index in [1.54, 1.807) is 5.38 Å². The molecule has 8 heteroatoms. The second-order valence-electron chi connectivity index (χ2n) is 4.23. The van der Waals surface area contributed by atoms with E-state index in [0.717, 1.165) is 0 Å². The van der Waals surface area contributed by atoms with Crippen LogP contribution in [0.1, 0.15) is 30.3 Å². The van der Waals surface area contributed by atoms with Crippen LogP contribution in [0.3, 0.4) is 0 Å². The molecule has 7 nitrogen and oxygen atoms in total. The summed E-state index contributed by atoms with van der Waals surface area (Å²) < 4.78 is 0. The van der Waals surface area contributed by atoms with E-state index in [1.165, 1.54) is 18.3 Å². The molecule has 0 saturated carbocycles. The summed E-state index contributed by atoms with van der Waals surface area (Å²) in [5.74, 6) is -0.516. The number of piperidine rings is 1. The van der Waals surface area contributed by atoms with Crippen molar-refractivity contribution in [1.29, 1.82) is 0 Å². The summed E-state index contributed by atoms with van der Waals surface area (Å²) in [6, 6.07) is -0.0730. The summed E-state index contributed by atoms with van der Waals surface area (Å²) in [5, 5.41) is 10.00. The van der Waals surface area contributed by atoms with Gasteiger partial charge in [0.05, 0.1) is 0 Å². The monoisotopic (exact) mass is 282 g/mol. The predicted molar refractivity (Wildman–Crippen MR) is 69.9 cm³/mol. The summed E-state index contributed by atoms with van der Waals surface area (Å²) in [7, 11) is 0. The molecule has 2 heterocycles. The number of aromatic nitrogens is 1. The van der Waals surface area contributed by atoms with E-state index in [9.17, 15) is 14.4 Å². The third kappa shape index (κ3) is 3.75. The molecule has 1 aromatic rings. The molecule has 0 aromatic carbocycles. The van der Waals surface area contributed by atoms with Gasteiger partial charge in [-0.1, -0.05) is 0 Å². The molecule has 1 aliphatic heterocycles. The smallest absolute Gasteiger partial charge is 0.271 e. The van der Waals surface area contributed by atoms with Crippen molar-refractivity contribution in [1.82, 2.24) is 15.6 Å². The van der Waals surface area contributed by atoms with E-state index < -0.39 is 0 Å². The molecular formula is C11H14N4O3S. The van der Waals surface area contributed by atoms with E-state index in [0.29, 0.717) is 24.5 Å². The lowest BCUT2D eigenvalue weighted by atomic mass is 10.1. The van der Waals surface area contributed by atoms with Gasteiger partial charge in [0.2, 0.25) is 11.8 Å². The van der Waals surface area contributed by atoms with Crippen molar-refractivity contribution in [3.05, 3.63) is 11.1 Å². The van der Waals surface area contributed by atoms with Crippen LogP contribution in [0.25, 0.3) is 0 Å². The number of rotatable bonds is 3. The molecule has 0 spiro atoms. The third-order valence-corrected chi connectivity index (χ3v) is 3.38. The van der Waals surface area contributed by atoms with Crippen LogP contribution in [0.2, 0.25) is 0 Å². The van der Waals surface area contributed by atoms with Crippen LogP contribution >= 0.6 is 11.3 Å². The number of thiazole rings is 1. The molecule has 1 saturated heterocycles. The van der Waals surface area contributed by atoms with Crippen molar-refractivity contribution in [2.75, 3.05) is 11.9 Å². The Morgan fingerprint density at radius 1 is 1.53 bits per heavy atom. The number of carbonyl (C=O) groups excluding carboxylic acids is 3. The van der Waals surface area contributed by atoms with Gasteiger partial charge in [0.15, 0.2) is 5.13 Å². The fourth-order valence-electron chi connectivity index (χ4n) is 1.70. The quantitative estimate of drug-likeness (QED) is 0.732. The van der Waals surface area contributed by atoms with Gasteiger partial charge in [-0.2, -0.15) is 0 Å². The molecular weight excluding hydrogens is 268 g/mol. The number of amides is 3. The van der Waals surface area contributed by atoms with Crippen LogP contribution in [0.4, 0.5) is 5.13 Å². The third-order valence-electron chi connectivity index (χ3n) is 2.62. The minimum atomic E-state index is -0.297. The standard InChI is InChI=1S/C11H14N4O3S/c1-6(16)13-11-15-8(5-19-11)10(18)14-7-2-3-9(17)12-4-7/h5,7H,2-4H2,1H3,(H,12,17)(H,14,18)(H,13,15,16). The Morgan fingerprint density at radius 2 is 2.32 bits per heavy atom. The van der Waals surface area contributed by atoms with Gasteiger partial charge in [-0.05, 0) is 6.42 Å². The van der Waals surface area contributed by atoms with Gasteiger partial charge < -0.3 is 16.0 Å². The van der Waals surface area contributed by atoms with Gasteiger partial charge >= 0.3 is 0 Å². The highest BCUT2D eigenvalue weighted by Gasteiger charge is 2.21. The SMILES string of the molecule is CC(=O)Nc1nc(C(=O)NC2CCC(=O)NC2)cs1. The lowest BCUT2D eigenvalue weighted by Crippen LogP contribution is -2.47. The van der Waals surface area contributed by atoms with Gasteiger partial charge in [0.25, 0.3) is 5.91 Å². The number of hydrogen-bond donors (Lipinski definition) is 3.